The Morgan fingerprint density at radius 1 is 1.14 bits per heavy atom. The first-order valence-corrected chi connectivity index (χ1v) is 9.49. The molecule has 0 amide bonds. The highest BCUT2D eigenvalue weighted by Gasteiger charge is 2.64. The predicted octanol–water partition coefficient (Wildman–Crippen LogP) is 3.89. The Labute approximate surface area is 164 Å². The molecular weight excluding hydrogens is 354 g/mol. The maximum absolute atomic E-state index is 13.4. The summed E-state index contributed by atoms with van der Waals surface area (Å²) in [5.74, 6) is -0.877. The number of carbonyl (C=O) groups excluding carboxylic acids is 2. The van der Waals surface area contributed by atoms with Crippen LogP contribution in [0.3, 0.4) is 0 Å². The van der Waals surface area contributed by atoms with E-state index in [4.69, 9.17) is 4.74 Å². The zero-order valence-electron chi connectivity index (χ0n) is 15.9. The van der Waals surface area contributed by atoms with Crippen LogP contribution in [0.5, 0.6) is 5.75 Å². The summed E-state index contributed by atoms with van der Waals surface area (Å²) >= 11 is 0. The van der Waals surface area contributed by atoms with E-state index in [0.717, 1.165) is 0 Å². The third-order valence-electron chi connectivity index (χ3n) is 5.62. The van der Waals surface area contributed by atoms with Crippen molar-refractivity contribution >= 4 is 11.8 Å². The minimum absolute atomic E-state index is 0.0452. The standard InChI is InChI=1S/C23H23NO4/c1-2-28-21(27)22(15-7-6-10-20(22)26)23(16-24,17-8-4-3-5-9-17)18-11-13-19(25)14-12-18/h3-5,8-9,11-14,25H,2,6-7,10,15H2,1H3/t22-,23?/m1/s1. The van der Waals surface area contributed by atoms with Crippen molar-refractivity contribution in [1.82, 2.24) is 0 Å². The average Bonchev–Trinajstić information content (AvgIpc) is 2.72. The Morgan fingerprint density at radius 3 is 2.36 bits per heavy atom. The smallest absolute Gasteiger partial charge is 0.322 e. The summed E-state index contributed by atoms with van der Waals surface area (Å²) in [5, 5.41) is 20.3. The number of nitriles is 1. The molecule has 5 heteroatoms. The number of phenolic OH excluding ortho intramolecular Hbond substituents is 1. The van der Waals surface area contributed by atoms with Crippen molar-refractivity contribution < 1.29 is 19.4 Å². The second-order valence-electron chi connectivity index (χ2n) is 7.03. The molecule has 2 atom stereocenters. The molecule has 0 radical (unpaired) electrons. The van der Waals surface area contributed by atoms with Crippen LogP contribution in [-0.2, 0) is 19.7 Å². The number of benzene rings is 2. The Balaban J connectivity index is 2.39. The largest absolute Gasteiger partial charge is 0.508 e. The van der Waals surface area contributed by atoms with Crippen LogP contribution < -0.4 is 0 Å². The van der Waals surface area contributed by atoms with E-state index in [9.17, 15) is 20.0 Å². The number of carbonyl (C=O) groups is 2. The van der Waals surface area contributed by atoms with E-state index in [2.05, 4.69) is 6.07 Å². The summed E-state index contributed by atoms with van der Waals surface area (Å²) in [6.45, 7) is 1.82. The van der Waals surface area contributed by atoms with Crippen molar-refractivity contribution in [3.8, 4) is 11.8 Å². The fraction of sp³-hybridized carbons (Fsp3) is 0.348. The molecule has 2 aromatic rings. The molecule has 1 aliphatic carbocycles. The molecular formula is C23H23NO4. The van der Waals surface area contributed by atoms with Gasteiger partial charge in [0.15, 0.2) is 11.2 Å². The average molecular weight is 377 g/mol. The number of hydrogen-bond acceptors (Lipinski definition) is 5. The fourth-order valence-electron chi connectivity index (χ4n) is 4.33. The Morgan fingerprint density at radius 2 is 1.79 bits per heavy atom. The Kier molecular flexibility index (Phi) is 5.51. The lowest BCUT2D eigenvalue weighted by atomic mass is 9.52. The molecule has 144 valence electrons. The number of hydrogen-bond donors (Lipinski definition) is 1. The molecule has 1 unspecified atom stereocenters. The summed E-state index contributed by atoms with van der Waals surface area (Å²) in [6, 6.07) is 17.4. The van der Waals surface area contributed by atoms with Crippen LogP contribution in [0, 0.1) is 16.7 Å². The lowest BCUT2D eigenvalue weighted by molar-refractivity contribution is -0.165. The van der Waals surface area contributed by atoms with Crippen LogP contribution in [0.1, 0.15) is 43.7 Å². The Bertz CT molecular complexity index is 900. The maximum atomic E-state index is 13.4. The Hall–Kier alpha value is -3.13. The monoisotopic (exact) mass is 377 g/mol. The molecule has 0 bridgehead atoms. The van der Waals surface area contributed by atoms with Gasteiger partial charge in [0.25, 0.3) is 0 Å². The number of nitrogens with zero attached hydrogens (tertiary/aromatic N) is 1. The van der Waals surface area contributed by atoms with Gasteiger partial charge in [0.05, 0.1) is 12.7 Å². The molecule has 1 fully saturated rings. The molecule has 0 spiro atoms. The number of ketones is 1. The third kappa shape index (κ3) is 2.86. The molecule has 0 heterocycles. The highest BCUT2D eigenvalue weighted by molar-refractivity contribution is 6.07. The van der Waals surface area contributed by atoms with Crippen molar-refractivity contribution in [2.45, 2.75) is 38.0 Å². The molecule has 28 heavy (non-hydrogen) atoms. The number of phenols is 1. The lowest BCUT2D eigenvalue weighted by Crippen LogP contribution is -2.58. The summed E-state index contributed by atoms with van der Waals surface area (Å²) in [5.41, 5.74) is -2.13. The van der Waals surface area contributed by atoms with Gasteiger partial charge in [-0.25, -0.2) is 0 Å². The van der Waals surface area contributed by atoms with Gasteiger partial charge in [-0.05, 0) is 43.0 Å². The molecule has 1 aliphatic rings. The number of rotatable bonds is 5. The number of aromatic hydroxyl groups is 1. The number of ether oxygens (including phenoxy) is 1. The predicted molar refractivity (Wildman–Crippen MR) is 103 cm³/mol. The van der Waals surface area contributed by atoms with E-state index >= 15 is 0 Å². The summed E-state index contributed by atoms with van der Waals surface area (Å²) in [4.78, 5) is 26.7. The van der Waals surface area contributed by atoms with Crippen LogP contribution in [0.15, 0.2) is 54.6 Å². The fourth-order valence-corrected chi connectivity index (χ4v) is 4.33. The van der Waals surface area contributed by atoms with Crippen LogP contribution in [0.25, 0.3) is 0 Å². The number of esters is 1. The van der Waals surface area contributed by atoms with Crippen LogP contribution in [-0.4, -0.2) is 23.5 Å². The van der Waals surface area contributed by atoms with Crippen LogP contribution in [0.4, 0.5) is 0 Å². The lowest BCUT2D eigenvalue weighted by Gasteiger charge is -2.45. The van der Waals surface area contributed by atoms with Gasteiger partial charge < -0.3 is 9.84 Å². The summed E-state index contributed by atoms with van der Waals surface area (Å²) < 4.78 is 5.37. The van der Waals surface area contributed by atoms with Gasteiger partial charge in [-0.15, -0.1) is 0 Å². The van der Waals surface area contributed by atoms with Gasteiger partial charge in [0.2, 0.25) is 0 Å². The molecule has 0 aromatic heterocycles. The molecule has 0 saturated heterocycles. The van der Waals surface area contributed by atoms with Crippen molar-refractivity contribution in [2.24, 2.45) is 5.41 Å². The normalized spacial score (nSPS) is 21.4. The van der Waals surface area contributed by atoms with Gasteiger partial charge in [0, 0.05) is 6.42 Å². The first-order chi connectivity index (χ1) is 13.5. The minimum atomic E-state index is -1.63. The highest BCUT2D eigenvalue weighted by atomic mass is 16.5. The first kappa shape index (κ1) is 19.6. The summed E-state index contributed by atoms with van der Waals surface area (Å²) in [7, 11) is 0. The van der Waals surface area contributed by atoms with E-state index in [1.54, 1.807) is 43.3 Å². The van der Waals surface area contributed by atoms with Gasteiger partial charge in [-0.3, -0.25) is 9.59 Å². The van der Waals surface area contributed by atoms with Crippen LogP contribution in [0.2, 0.25) is 0 Å². The molecule has 5 nitrogen and oxygen atoms in total. The maximum Gasteiger partial charge on any atom is 0.322 e. The third-order valence-corrected chi connectivity index (χ3v) is 5.62. The minimum Gasteiger partial charge on any atom is -0.508 e. The highest BCUT2D eigenvalue weighted by Crippen LogP contribution is 2.54. The van der Waals surface area contributed by atoms with Crippen molar-refractivity contribution in [3.63, 3.8) is 0 Å². The molecule has 0 aliphatic heterocycles. The second-order valence-corrected chi connectivity index (χ2v) is 7.03. The molecule has 1 saturated carbocycles. The molecule has 1 N–H and O–H groups in total. The van der Waals surface area contributed by atoms with Crippen molar-refractivity contribution in [1.29, 1.82) is 5.26 Å². The van der Waals surface area contributed by atoms with E-state index < -0.39 is 16.8 Å². The van der Waals surface area contributed by atoms with Gasteiger partial charge >= 0.3 is 5.97 Å². The second kappa shape index (κ2) is 7.85. The zero-order chi connectivity index (χ0) is 20.2. The molecule has 2 aromatic carbocycles. The topological polar surface area (TPSA) is 87.4 Å². The van der Waals surface area contributed by atoms with Gasteiger partial charge in [-0.2, -0.15) is 5.26 Å². The SMILES string of the molecule is CCOC(=O)[C@@]1(C(C#N)(c2ccccc2)c2ccc(O)cc2)CCCCC1=O. The quantitative estimate of drug-likeness (QED) is 0.631. The van der Waals surface area contributed by atoms with E-state index in [1.807, 2.05) is 6.07 Å². The van der Waals surface area contributed by atoms with E-state index in [0.29, 0.717) is 24.0 Å². The van der Waals surface area contributed by atoms with E-state index in [-0.39, 0.29) is 31.0 Å². The van der Waals surface area contributed by atoms with Crippen molar-refractivity contribution in [2.75, 3.05) is 6.61 Å². The van der Waals surface area contributed by atoms with Crippen LogP contribution >= 0.6 is 0 Å². The van der Waals surface area contributed by atoms with Gasteiger partial charge in [-0.1, -0.05) is 48.9 Å². The number of Topliss-reactive ketones (excluding diaryl/α,β-unsaturated/α-hetero) is 1. The van der Waals surface area contributed by atoms with Gasteiger partial charge in [0.1, 0.15) is 11.2 Å². The molecule has 3 rings (SSSR count). The zero-order valence-corrected chi connectivity index (χ0v) is 15.9. The summed E-state index contributed by atoms with van der Waals surface area (Å²) in [6.07, 6.45) is 1.81. The van der Waals surface area contributed by atoms with Crippen molar-refractivity contribution in [3.05, 3.63) is 65.7 Å². The first-order valence-electron chi connectivity index (χ1n) is 9.49. The van der Waals surface area contributed by atoms with E-state index in [1.165, 1.54) is 12.1 Å².